The Kier molecular flexibility index (Phi) is 3.68. The number of hydrogen-bond acceptors (Lipinski definition) is 5. The quantitative estimate of drug-likeness (QED) is 0.786. The number of fused-ring (bicyclic) bond motifs is 2. The third-order valence-electron chi connectivity index (χ3n) is 3.84. The molecule has 17 heavy (non-hydrogen) atoms. The number of aromatic nitrogens is 2. The molecule has 3 rings (SSSR count). The fraction of sp³-hybridized carbons (Fsp3) is 0.833. The Balaban J connectivity index is 1.77. The molecule has 2 unspecified atom stereocenters. The Hall–Kier alpha value is -0.130. The van der Waals surface area contributed by atoms with Gasteiger partial charge in [0.2, 0.25) is 0 Å². The minimum Gasteiger partial charge on any atom is -0.302 e. The molecular weight excluding hydrogens is 250 g/mol. The van der Waals surface area contributed by atoms with Gasteiger partial charge in [0.1, 0.15) is 5.03 Å². The second kappa shape index (κ2) is 5.24. The van der Waals surface area contributed by atoms with Gasteiger partial charge in [-0.15, -0.1) is 11.8 Å². The smallest absolute Gasteiger partial charge is 0.134 e. The molecule has 0 spiro atoms. The lowest BCUT2D eigenvalue weighted by atomic mass is 9.89. The van der Waals surface area contributed by atoms with Gasteiger partial charge in [-0.1, -0.05) is 6.92 Å². The van der Waals surface area contributed by atoms with Crippen LogP contribution >= 0.6 is 23.5 Å². The number of nitrogens with zero attached hydrogens (tertiary/aromatic N) is 3. The second-order valence-corrected chi connectivity index (χ2v) is 6.68. The van der Waals surface area contributed by atoms with Crippen LogP contribution in [0.15, 0.2) is 5.03 Å². The van der Waals surface area contributed by atoms with Crippen LogP contribution in [0.4, 0.5) is 0 Å². The van der Waals surface area contributed by atoms with Gasteiger partial charge in [0.05, 0.1) is 17.4 Å². The first-order valence-electron chi connectivity index (χ1n) is 6.56. The van der Waals surface area contributed by atoms with E-state index in [1.165, 1.54) is 67.1 Å². The highest BCUT2D eigenvalue weighted by Gasteiger charge is 2.38. The molecule has 5 heteroatoms. The van der Waals surface area contributed by atoms with Crippen molar-refractivity contribution in [3.63, 3.8) is 0 Å². The van der Waals surface area contributed by atoms with Crippen LogP contribution in [0.25, 0.3) is 0 Å². The molecule has 0 N–H and O–H groups in total. The number of piperidine rings is 1. The molecule has 94 valence electrons. The van der Waals surface area contributed by atoms with Crippen molar-refractivity contribution in [3.8, 4) is 0 Å². The molecule has 1 aromatic heterocycles. The van der Waals surface area contributed by atoms with Crippen LogP contribution in [0.1, 0.15) is 37.8 Å². The lowest BCUT2D eigenvalue weighted by molar-refractivity contribution is 0.269. The maximum Gasteiger partial charge on any atom is 0.134 e. The highest BCUT2D eigenvalue weighted by molar-refractivity contribution is 7.99. The van der Waals surface area contributed by atoms with E-state index in [4.69, 9.17) is 0 Å². The van der Waals surface area contributed by atoms with Crippen molar-refractivity contribution in [2.75, 3.05) is 25.4 Å². The van der Waals surface area contributed by atoms with Crippen molar-refractivity contribution in [2.24, 2.45) is 5.92 Å². The van der Waals surface area contributed by atoms with Gasteiger partial charge in [0, 0.05) is 19.0 Å². The summed E-state index contributed by atoms with van der Waals surface area (Å²) in [5.74, 6) is 2.67. The molecule has 3 atom stereocenters. The van der Waals surface area contributed by atoms with Crippen molar-refractivity contribution in [3.05, 3.63) is 5.69 Å². The van der Waals surface area contributed by atoms with E-state index >= 15 is 0 Å². The number of rotatable bonds is 4. The maximum atomic E-state index is 4.59. The van der Waals surface area contributed by atoms with Crippen molar-refractivity contribution in [2.45, 2.75) is 37.1 Å². The number of hydrogen-bond donors (Lipinski definition) is 0. The predicted octanol–water partition coefficient (Wildman–Crippen LogP) is 2.85. The third kappa shape index (κ3) is 2.37. The highest BCUT2D eigenvalue weighted by atomic mass is 32.2. The summed E-state index contributed by atoms with van der Waals surface area (Å²) in [6.45, 7) is 6.03. The fourth-order valence-corrected chi connectivity index (χ4v) is 4.66. The summed E-state index contributed by atoms with van der Waals surface area (Å²) in [6.07, 6.45) is 3.97. The average molecular weight is 269 g/mol. The average Bonchev–Trinajstić information content (AvgIpc) is 2.91. The molecule has 2 aliphatic rings. The van der Waals surface area contributed by atoms with E-state index < -0.39 is 0 Å². The summed E-state index contributed by atoms with van der Waals surface area (Å²) in [6, 6.07) is 0. The molecule has 2 aliphatic heterocycles. The monoisotopic (exact) mass is 269 g/mol. The molecule has 2 fully saturated rings. The molecule has 1 aromatic rings. The van der Waals surface area contributed by atoms with Crippen molar-refractivity contribution >= 4 is 23.5 Å². The zero-order valence-electron chi connectivity index (χ0n) is 10.3. The van der Waals surface area contributed by atoms with Gasteiger partial charge >= 0.3 is 0 Å². The minimum absolute atomic E-state index is 0.663. The predicted molar refractivity (Wildman–Crippen MR) is 72.8 cm³/mol. The lowest BCUT2D eigenvalue weighted by Gasteiger charge is -2.21. The van der Waals surface area contributed by atoms with Crippen molar-refractivity contribution in [1.29, 1.82) is 0 Å². The third-order valence-corrected chi connectivity index (χ3v) is 5.69. The summed E-state index contributed by atoms with van der Waals surface area (Å²) < 4.78 is 9.08. The maximum absolute atomic E-state index is 4.59. The zero-order valence-corrected chi connectivity index (χ0v) is 11.9. The van der Waals surface area contributed by atoms with Gasteiger partial charge in [-0.05, 0) is 37.5 Å². The molecular formula is C12H19N3S2. The topological polar surface area (TPSA) is 29.0 Å². The minimum atomic E-state index is 0.663. The fourth-order valence-electron chi connectivity index (χ4n) is 3.04. The summed E-state index contributed by atoms with van der Waals surface area (Å²) >= 11 is 3.29. The Morgan fingerprint density at radius 3 is 3.18 bits per heavy atom. The largest absolute Gasteiger partial charge is 0.302 e. The molecule has 2 saturated heterocycles. The molecule has 3 heterocycles. The summed E-state index contributed by atoms with van der Waals surface area (Å²) in [7, 11) is 0. The summed E-state index contributed by atoms with van der Waals surface area (Å²) in [5.41, 5.74) is 1.31. The van der Waals surface area contributed by atoms with Gasteiger partial charge in [-0.2, -0.15) is 8.75 Å². The SMILES string of the molecule is CCCSc1nsnc1C1CN2CCC[C@H]1C2. The Labute approximate surface area is 111 Å². The van der Waals surface area contributed by atoms with Crippen molar-refractivity contribution in [1.82, 2.24) is 13.6 Å². The van der Waals surface area contributed by atoms with Crippen LogP contribution in [0.5, 0.6) is 0 Å². The highest BCUT2D eigenvalue weighted by Crippen LogP contribution is 2.41. The van der Waals surface area contributed by atoms with E-state index in [0.29, 0.717) is 5.92 Å². The van der Waals surface area contributed by atoms with Crippen LogP contribution in [-0.2, 0) is 0 Å². The van der Waals surface area contributed by atoms with Gasteiger partial charge in [-0.25, -0.2) is 0 Å². The standard InChI is InChI=1S/C12H19N3S2/c1-2-6-16-12-11(13-17-14-12)10-8-15-5-3-4-9(10)7-15/h9-10H,2-8H2,1H3/t9-,10?/m0/s1. The van der Waals surface area contributed by atoms with Crippen LogP contribution < -0.4 is 0 Å². The van der Waals surface area contributed by atoms with Crippen LogP contribution in [0, 0.1) is 5.92 Å². The Morgan fingerprint density at radius 1 is 1.41 bits per heavy atom. The summed E-state index contributed by atoms with van der Waals surface area (Å²) in [4.78, 5) is 2.60. The normalized spacial score (nSPS) is 31.9. The van der Waals surface area contributed by atoms with E-state index in [9.17, 15) is 0 Å². The van der Waals surface area contributed by atoms with E-state index in [1.807, 2.05) is 11.8 Å². The summed E-state index contributed by atoms with van der Waals surface area (Å²) in [5, 5.41) is 1.22. The van der Waals surface area contributed by atoms with Crippen LogP contribution in [0.3, 0.4) is 0 Å². The van der Waals surface area contributed by atoms with E-state index in [1.54, 1.807) is 0 Å². The molecule has 0 saturated carbocycles. The van der Waals surface area contributed by atoms with Gasteiger partial charge in [-0.3, -0.25) is 0 Å². The zero-order chi connectivity index (χ0) is 11.7. The van der Waals surface area contributed by atoms with Crippen LogP contribution in [-0.4, -0.2) is 39.0 Å². The van der Waals surface area contributed by atoms with Crippen molar-refractivity contribution < 1.29 is 0 Å². The lowest BCUT2D eigenvalue weighted by Crippen LogP contribution is -2.25. The number of thioether (sulfide) groups is 1. The molecule has 0 aliphatic carbocycles. The Bertz CT molecular complexity index is 380. The molecule has 0 aromatic carbocycles. The molecule has 3 nitrogen and oxygen atoms in total. The van der Waals surface area contributed by atoms with E-state index in [2.05, 4.69) is 20.6 Å². The van der Waals surface area contributed by atoms with Gasteiger partial charge < -0.3 is 4.90 Å². The Morgan fingerprint density at radius 2 is 2.35 bits per heavy atom. The first-order valence-corrected chi connectivity index (χ1v) is 8.27. The van der Waals surface area contributed by atoms with Crippen LogP contribution in [0.2, 0.25) is 0 Å². The van der Waals surface area contributed by atoms with Gasteiger partial charge in [0.25, 0.3) is 0 Å². The van der Waals surface area contributed by atoms with E-state index in [-0.39, 0.29) is 0 Å². The first kappa shape index (κ1) is 11.9. The van der Waals surface area contributed by atoms with Gasteiger partial charge in [0.15, 0.2) is 0 Å². The second-order valence-electron chi connectivity index (χ2n) is 5.07. The molecule has 0 radical (unpaired) electrons. The molecule has 0 amide bonds. The molecule has 2 bridgehead atoms. The first-order chi connectivity index (χ1) is 8.38. The van der Waals surface area contributed by atoms with E-state index in [0.717, 1.165) is 5.92 Å².